The lowest BCUT2D eigenvalue weighted by Gasteiger charge is -2.24. The zero-order valence-corrected chi connectivity index (χ0v) is 5.52. The van der Waals surface area contributed by atoms with Gasteiger partial charge in [-0.3, -0.25) is 0 Å². The third-order valence-corrected chi connectivity index (χ3v) is 0.516. The minimum Gasteiger partial charge on any atom is -0.459 e. The van der Waals surface area contributed by atoms with Crippen molar-refractivity contribution in [2.75, 3.05) is 28.2 Å². The normalized spacial score (nSPS) is 11.1. The summed E-state index contributed by atoms with van der Waals surface area (Å²) in [7, 11) is 8.21. The van der Waals surface area contributed by atoms with Gasteiger partial charge in [-0.15, -0.1) is 0 Å². The van der Waals surface area contributed by atoms with Crippen LogP contribution in [0.3, 0.4) is 0 Å². The average Bonchev–Trinajstić information content (AvgIpc) is 1.27. The van der Waals surface area contributed by atoms with Crippen molar-refractivity contribution in [1.82, 2.24) is 4.90 Å². The van der Waals surface area contributed by atoms with Crippen molar-refractivity contribution in [3.8, 4) is 0 Å². The molecule has 0 aromatic rings. The molecule has 0 aromatic heterocycles. The maximum absolute atomic E-state index is 2.08. The highest BCUT2D eigenvalue weighted by Crippen LogP contribution is 1.64. The highest BCUT2D eigenvalue weighted by molar-refractivity contribution is 4.36. The molecule has 0 amide bonds. The summed E-state index contributed by atoms with van der Waals surface area (Å²) >= 11 is 0. The van der Waals surface area contributed by atoms with Crippen molar-refractivity contribution in [2.45, 2.75) is 0 Å². The lowest BCUT2D eigenvalue weighted by Crippen LogP contribution is -3.04. The Labute approximate surface area is 45.7 Å². The highest BCUT2D eigenvalue weighted by atomic mass is 15.2. The zero-order chi connectivity index (χ0) is 5.86. The molecule has 0 aliphatic rings. The van der Waals surface area contributed by atoms with Gasteiger partial charge in [0.15, 0.2) is 0 Å². The van der Waals surface area contributed by atoms with Crippen LogP contribution >= 0.6 is 0 Å². The Bertz CT molecular complexity index is 35.3. The van der Waals surface area contributed by atoms with E-state index in [0.29, 0.717) is 0 Å². The lowest BCUT2D eigenvalue weighted by molar-refractivity contribution is -0.834. The van der Waals surface area contributed by atoms with E-state index < -0.39 is 0 Å². The minimum absolute atomic E-state index is 1.34. The summed E-state index contributed by atoms with van der Waals surface area (Å²) in [6, 6.07) is 0. The Kier molecular flexibility index (Phi) is 2.96. The van der Waals surface area contributed by atoms with Crippen LogP contribution in [-0.4, -0.2) is 33.1 Å². The van der Waals surface area contributed by atoms with E-state index in [1.54, 1.807) is 0 Å². The van der Waals surface area contributed by atoms with E-state index >= 15 is 0 Å². The maximum atomic E-state index is 2.08. The molecule has 2 nitrogen and oxygen atoms in total. The van der Waals surface area contributed by atoms with Gasteiger partial charge in [0.2, 0.25) is 0 Å². The Balaban J connectivity index is 2.95. The summed E-state index contributed by atoms with van der Waals surface area (Å²) in [5, 5.41) is 0. The van der Waals surface area contributed by atoms with Crippen LogP contribution in [-0.2, 0) is 0 Å². The minimum atomic E-state index is 1.34. The van der Waals surface area contributed by atoms with Gasteiger partial charge in [0.05, 0.1) is 0 Å². The van der Waals surface area contributed by atoms with E-state index in [1.807, 2.05) is 19.0 Å². The van der Waals surface area contributed by atoms with Crippen molar-refractivity contribution in [1.29, 1.82) is 0 Å². The third kappa shape index (κ3) is 5.92. The van der Waals surface area contributed by atoms with Crippen molar-refractivity contribution in [3.05, 3.63) is 6.67 Å². The molecule has 0 fully saturated rings. The van der Waals surface area contributed by atoms with E-state index in [2.05, 4.69) is 20.8 Å². The summed E-state index contributed by atoms with van der Waals surface area (Å²) < 4.78 is 0. The first kappa shape index (κ1) is 6.92. The first-order valence-corrected chi connectivity index (χ1v) is 2.44. The van der Waals surface area contributed by atoms with E-state index in [0.717, 1.165) is 0 Å². The number of quaternary nitrogens is 1. The predicted molar refractivity (Wildman–Crippen MR) is 30.8 cm³/mol. The van der Waals surface area contributed by atoms with Gasteiger partial charge in [-0.2, -0.15) is 0 Å². The van der Waals surface area contributed by atoms with Crippen molar-refractivity contribution in [2.24, 2.45) is 0 Å². The van der Waals surface area contributed by atoms with Crippen LogP contribution < -0.4 is 4.90 Å². The summed E-state index contributed by atoms with van der Waals surface area (Å²) in [6.45, 7) is 2.08. The summed E-state index contributed by atoms with van der Waals surface area (Å²) in [4.78, 5) is 3.38. The monoisotopic (exact) mass is 102 g/mol. The van der Waals surface area contributed by atoms with Gasteiger partial charge in [-0.1, -0.05) is 6.67 Å². The fraction of sp³-hybridized carbons (Fsp3) is 0.800. The summed E-state index contributed by atoms with van der Waals surface area (Å²) in [5.74, 6) is 0. The van der Waals surface area contributed by atoms with Gasteiger partial charge in [-0.25, -0.2) is 0 Å². The first-order valence-electron chi connectivity index (χ1n) is 2.44. The second-order valence-corrected chi connectivity index (χ2v) is 2.17. The smallest absolute Gasteiger partial charge is 0.0432 e. The molecule has 0 saturated heterocycles. The molecule has 0 heterocycles. The molecule has 0 atom stereocenters. The Hall–Kier alpha value is -0.0800. The van der Waals surface area contributed by atoms with Crippen LogP contribution in [0.4, 0.5) is 0 Å². The lowest BCUT2D eigenvalue weighted by atomic mass is 10.8. The van der Waals surface area contributed by atoms with Gasteiger partial charge in [0.1, 0.15) is 0 Å². The second-order valence-electron chi connectivity index (χ2n) is 2.17. The topological polar surface area (TPSA) is 7.68 Å². The van der Waals surface area contributed by atoms with Crippen molar-refractivity contribution in [3.63, 3.8) is 0 Å². The molecule has 1 N–H and O–H groups in total. The Morgan fingerprint density at radius 2 is 1.71 bits per heavy atom. The van der Waals surface area contributed by atoms with Crippen molar-refractivity contribution >= 4 is 0 Å². The largest absolute Gasteiger partial charge is 0.459 e. The van der Waals surface area contributed by atoms with Gasteiger partial charge >= 0.3 is 0 Å². The fourth-order valence-electron chi connectivity index (χ4n) is 0.516. The summed E-state index contributed by atoms with van der Waals surface area (Å²) in [6.07, 6.45) is 0. The van der Waals surface area contributed by atoms with Gasteiger partial charge < -0.3 is 9.80 Å². The van der Waals surface area contributed by atoms with Crippen LogP contribution in [0.15, 0.2) is 0 Å². The Morgan fingerprint density at radius 3 is 1.71 bits per heavy atom. The predicted octanol–water partition coefficient (Wildman–Crippen LogP) is -1.19. The summed E-state index contributed by atoms with van der Waals surface area (Å²) in [5.41, 5.74) is 0. The van der Waals surface area contributed by atoms with Crippen LogP contribution in [0, 0.1) is 6.67 Å². The maximum Gasteiger partial charge on any atom is 0.0432 e. The molecule has 0 aliphatic carbocycles. The number of rotatable bonds is 2. The molecule has 0 rings (SSSR count). The molecule has 0 saturated carbocycles. The number of hydrogen-bond donors (Lipinski definition) is 1. The average molecular weight is 102 g/mol. The van der Waals surface area contributed by atoms with Gasteiger partial charge in [0.25, 0.3) is 0 Å². The molecule has 0 aromatic carbocycles. The van der Waals surface area contributed by atoms with Crippen molar-refractivity contribution < 1.29 is 4.90 Å². The second kappa shape index (κ2) is 2.99. The van der Waals surface area contributed by atoms with E-state index in [9.17, 15) is 0 Å². The molecule has 0 aliphatic heterocycles. The van der Waals surface area contributed by atoms with Crippen LogP contribution in [0.2, 0.25) is 0 Å². The molecular formula is C5H14N2. The fourth-order valence-corrected chi connectivity index (χ4v) is 0.516. The van der Waals surface area contributed by atoms with E-state index in [4.69, 9.17) is 0 Å². The van der Waals surface area contributed by atoms with Gasteiger partial charge in [-0.05, 0) is 14.1 Å². The van der Waals surface area contributed by atoms with E-state index in [-0.39, 0.29) is 0 Å². The number of nitrogens with one attached hydrogen (secondary N) is 1. The van der Waals surface area contributed by atoms with E-state index in [1.165, 1.54) is 4.90 Å². The molecule has 0 bridgehead atoms. The molecule has 2 heteroatoms. The third-order valence-electron chi connectivity index (χ3n) is 0.516. The number of hydrogen-bond acceptors (Lipinski definition) is 1. The molecule has 44 valence electrons. The quantitative estimate of drug-likeness (QED) is 0.431. The molecule has 7 heavy (non-hydrogen) atoms. The molecule has 0 radical (unpaired) electrons. The number of nitrogens with zero attached hydrogens (tertiary/aromatic N) is 1. The standard InChI is InChI=1S/C5H14N2/c1-6(2)5-7(3)4/h5-6H,1-4H3. The van der Waals surface area contributed by atoms with Crippen LogP contribution in [0.5, 0.6) is 0 Å². The molecule has 0 unspecified atom stereocenters. The first-order chi connectivity index (χ1) is 3.13. The highest BCUT2D eigenvalue weighted by Gasteiger charge is 1.78. The van der Waals surface area contributed by atoms with Crippen LogP contribution in [0.1, 0.15) is 0 Å². The molecule has 0 spiro atoms. The SMILES string of the molecule is CN(C)[CH-][NH+](C)C. The molecular weight excluding hydrogens is 88.1 g/mol. The Morgan fingerprint density at radius 1 is 1.29 bits per heavy atom. The van der Waals surface area contributed by atoms with Gasteiger partial charge in [0, 0.05) is 14.1 Å². The van der Waals surface area contributed by atoms with Crippen LogP contribution in [0.25, 0.3) is 0 Å². The zero-order valence-electron chi connectivity index (χ0n) is 5.52.